The molecular formula is C13H19FN2O2. The largest absolute Gasteiger partial charge is 0.380 e. The number of aryl methyl sites for hydroxylation is 1. The molecule has 0 bridgehead atoms. The fourth-order valence-electron chi connectivity index (χ4n) is 1.40. The van der Waals surface area contributed by atoms with E-state index in [1.54, 1.807) is 19.1 Å². The normalized spacial score (nSPS) is 10.4. The number of halogens is 1. The van der Waals surface area contributed by atoms with Crippen LogP contribution in [0.2, 0.25) is 0 Å². The van der Waals surface area contributed by atoms with Crippen molar-refractivity contribution in [2.45, 2.75) is 13.3 Å². The van der Waals surface area contributed by atoms with E-state index in [1.165, 1.54) is 6.07 Å². The average Bonchev–Trinajstić information content (AvgIpc) is 2.36. The topological polar surface area (TPSA) is 64.3 Å². The Balaban J connectivity index is 2.30. The monoisotopic (exact) mass is 254 g/mol. The molecule has 100 valence electrons. The highest BCUT2D eigenvalue weighted by atomic mass is 19.1. The Morgan fingerprint density at radius 1 is 1.44 bits per heavy atom. The van der Waals surface area contributed by atoms with Crippen molar-refractivity contribution < 1.29 is 13.9 Å². The van der Waals surface area contributed by atoms with Gasteiger partial charge >= 0.3 is 0 Å². The van der Waals surface area contributed by atoms with Gasteiger partial charge in [-0.15, -0.1) is 0 Å². The fraction of sp³-hybridized carbons (Fsp3) is 0.462. The lowest BCUT2D eigenvalue weighted by Gasteiger charge is -2.06. The van der Waals surface area contributed by atoms with Crippen LogP contribution in [0.1, 0.15) is 22.3 Å². The third-order valence-corrected chi connectivity index (χ3v) is 2.45. The first-order valence-electron chi connectivity index (χ1n) is 5.97. The van der Waals surface area contributed by atoms with E-state index in [-0.39, 0.29) is 11.7 Å². The number of rotatable bonds is 7. The fourth-order valence-corrected chi connectivity index (χ4v) is 1.40. The van der Waals surface area contributed by atoms with E-state index in [9.17, 15) is 9.18 Å². The Morgan fingerprint density at radius 3 is 2.89 bits per heavy atom. The highest BCUT2D eigenvalue weighted by Gasteiger charge is 2.07. The van der Waals surface area contributed by atoms with E-state index in [0.717, 1.165) is 0 Å². The maximum Gasteiger partial charge on any atom is 0.251 e. The smallest absolute Gasteiger partial charge is 0.251 e. The predicted molar refractivity (Wildman–Crippen MR) is 68.0 cm³/mol. The second kappa shape index (κ2) is 7.79. The number of carbonyl (C=O) groups excluding carboxylic acids is 1. The molecule has 1 amide bonds. The lowest BCUT2D eigenvalue weighted by atomic mass is 10.1. The highest BCUT2D eigenvalue weighted by Crippen LogP contribution is 2.08. The van der Waals surface area contributed by atoms with Crippen LogP contribution in [0.3, 0.4) is 0 Å². The predicted octanol–water partition coefficient (Wildman–Crippen LogP) is 1.23. The van der Waals surface area contributed by atoms with Gasteiger partial charge < -0.3 is 15.8 Å². The summed E-state index contributed by atoms with van der Waals surface area (Å²) in [7, 11) is 0. The second-order valence-electron chi connectivity index (χ2n) is 3.97. The summed E-state index contributed by atoms with van der Waals surface area (Å²) in [5, 5.41) is 2.71. The van der Waals surface area contributed by atoms with Crippen molar-refractivity contribution >= 4 is 5.91 Å². The number of hydrogen-bond donors (Lipinski definition) is 2. The van der Waals surface area contributed by atoms with Crippen molar-refractivity contribution in [1.82, 2.24) is 5.32 Å². The molecule has 1 aromatic carbocycles. The molecule has 4 nitrogen and oxygen atoms in total. The molecule has 0 aliphatic carbocycles. The number of nitrogens with one attached hydrogen (secondary N) is 1. The molecule has 3 N–H and O–H groups in total. The highest BCUT2D eigenvalue weighted by molar-refractivity contribution is 5.94. The van der Waals surface area contributed by atoms with Crippen molar-refractivity contribution in [2.75, 3.05) is 26.3 Å². The van der Waals surface area contributed by atoms with Gasteiger partial charge in [-0.05, 0) is 31.0 Å². The summed E-state index contributed by atoms with van der Waals surface area (Å²) in [6.45, 7) is 3.73. The summed E-state index contributed by atoms with van der Waals surface area (Å²) >= 11 is 0. The maximum atomic E-state index is 13.3. The zero-order valence-electron chi connectivity index (χ0n) is 10.5. The minimum absolute atomic E-state index is 0.271. The van der Waals surface area contributed by atoms with E-state index in [4.69, 9.17) is 10.5 Å². The zero-order chi connectivity index (χ0) is 13.4. The van der Waals surface area contributed by atoms with Crippen molar-refractivity contribution in [3.8, 4) is 0 Å². The molecule has 0 saturated carbocycles. The summed E-state index contributed by atoms with van der Waals surface area (Å²) in [4.78, 5) is 11.7. The van der Waals surface area contributed by atoms with Crippen LogP contribution in [-0.2, 0) is 4.74 Å². The first-order valence-corrected chi connectivity index (χ1v) is 5.97. The van der Waals surface area contributed by atoms with E-state index in [0.29, 0.717) is 43.9 Å². The van der Waals surface area contributed by atoms with Crippen molar-refractivity contribution in [3.05, 3.63) is 35.1 Å². The third-order valence-electron chi connectivity index (χ3n) is 2.45. The summed E-state index contributed by atoms with van der Waals surface area (Å²) in [5.41, 5.74) is 6.13. The summed E-state index contributed by atoms with van der Waals surface area (Å²) < 4.78 is 18.4. The molecule has 5 heteroatoms. The molecule has 0 heterocycles. The van der Waals surface area contributed by atoms with Crippen LogP contribution < -0.4 is 11.1 Å². The zero-order valence-corrected chi connectivity index (χ0v) is 10.5. The number of benzene rings is 1. The van der Waals surface area contributed by atoms with Crippen LogP contribution >= 0.6 is 0 Å². The van der Waals surface area contributed by atoms with Gasteiger partial charge in [-0.3, -0.25) is 4.79 Å². The maximum absolute atomic E-state index is 13.3. The van der Waals surface area contributed by atoms with E-state index in [1.807, 2.05) is 0 Å². The molecule has 0 radical (unpaired) electrons. The SMILES string of the molecule is Cc1ccc(C(=O)NCCCOCCN)cc1F. The van der Waals surface area contributed by atoms with Gasteiger partial charge in [0, 0.05) is 25.3 Å². The molecular weight excluding hydrogens is 235 g/mol. The summed E-state index contributed by atoms with van der Waals surface area (Å²) in [6, 6.07) is 4.45. The third kappa shape index (κ3) is 4.81. The Hall–Kier alpha value is -1.46. The quantitative estimate of drug-likeness (QED) is 0.719. The van der Waals surface area contributed by atoms with Crippen molar-refractivity contribution in [2.24, 2.45) is 5.73 Å². The molecule has 18 heavy (non-hydrogen) atoms. The first-order chi connectivity index (χ1) is 8.65. The Kier molecular flexibility index (Phi) is 6.32. The minimum atomic E-state index is -0.367. The number of ether oxygens (including phenoxy) is 1. The minimum Gasteiger partial charge on any atom is -0.380 e. The second-order valence-corrected chi connectivity index (χ2v) is 3.97. The van der Waals surface area contributed by atoms with E-state index in [2.05, 4.69) is 5.32 Å². The van der Waals surface area contributed by atoms with Gasteiger partial charge in [0.15, 0.2) is 0 Å². The molecule has 0 aliphatic rings. The molecule has 0 atom stereocenters. The molecule has 0 fully saturated rings. The van der Waals surface area contributed by atoms with Gasteiger partial charge in [-0.2, -0.15) is 0 Å². The van der Waals surface area contributed by atoms with Gasteiger partial charge in [-0.1, -0.05) is 6.07 Å². The summed E-state index contributed by atoms with van der Waals surface area (Å²) in [5.74, 6) is -0.637. The van der Waals surface area contributed by atoms with E-state index >= 15 is 0 Å². The molecule has 0 aromatic heterocycles. The molecule has 0 unspecified atom stereocenters. The van der Waals surface area contributed by atoms with Gasteiger partial charge in [-0.25, -0.2) is 4.39 Å². The Labute approximate surface area is 106 Å². The average molecular weight is 254 g/mol. The van der Waals surface area contributed by atoms with Crippen molar-refractivity contribution in [3.63, 3.8) is 0 Å². The van der Waals surface area contributed by atoms with Gasteiger partial charge in [0.2, 0.25) is 0 Å². The van der Waals surface area contributed by atoms with Crippen LogP contribution in [-0.4, -0.2) is 32.2 Å². The van der Waals surface area contributed by atoms with Gasteiger partial charge in [0.05, 0.1) is 6.61 Å². The van der Waals surface area contributed by atoms with Crippen LogP contribution in [0.5, 0.6) is 0 Å². The molecule has 1 rings (SSSR count). The first kappa shape index (κ1) is 14.6. The molecule has 0 saturated heterocycles. The van der Waals surface area contributed by atoms with Crippen molar-refractivity contribution in [1.29, 1.82) is 0 Å². The number of amides is 1. The standard InChI is InChI=1S/C13H19FN2O2/c1-10-3-4-11(9-12(10)14)13(17)16-6-2-7-18-8-5-15/h3-4,9H,2,5-8,15H2,1H3,(H,16,17). The van der Waals surface area contributed by atoms with Gasteiger partial charge in [0.1, 0.15) is 5.82 Å². The van der Waals surface area contributed by atoms with E-state index < -0.39 is 0 Å². The van der Waals surface area contributed by atoms with Crippen LogP contribution in [0.4, 0.5) is 4.39 Å². The number of hydrogen-bond acceptors (Lipinski definition) is 3. The lowest BCUT2D eigenvalue weighted by Crippen LogP contribution is -2.25. The Bertz CT molecular complexity index is 397. The molecule has 0 aliphatic heterocycles. The Morgan fingerprint density at radius 2 is 2.22 bits per heavy atom. The molecule has 1 aromatic rings. The number of carbonyl (C=O) groups is 1. The summed E-state index contributed by atoms with van der Waals surface area (Å²) in [6.07, 6.45) is 0.708. The van der Waals surface area contributed by atoms with Crippen LogP contribution in [0.15, 0.2) is 18.2 Å². The van der Waals surface area contributed by atoms with Crippen LogP contribution in [0, 0.1) is 12.7 Å². The number of nitrogens with two attached hydrogens (primary N) is 1. The van der Waals surface area contributed by atoms with Crippen LogP contribution in [0.25, 0.3) is 0 Å². The van der Waals surface area contributed by atoms with Gasteiger partial charge in [0.25, 0.3) is 5.91 Å². The lowest BCUT2D eigenvalue weighted by molar-refractivity contribution is 0.0942. The molecule has 0 spiro atoms.